The number of hydrogen-bond acceptors (Lipinski definition) is 5. The SMILES string of the molecule is CCc1cc(CC)cc(Sc2cnc(CNC(=O)OC(C)(C)C)s2)c1. The molecule has 1 aromatic heterocycles. The zero-order valence-corrected chi connectivity index (χ0v) is 17.1. The topological polar surface area (TPSA) is 51.2 Å². The molecule has 25 heavy (non-hydrogen) atoms. The standard InChI is InChI=1S/C19H26N2O2S2/c1-6-13-8-14(7-2)10-15(9-13)24-17-12-20-16(25-17)11-21-18(22)23-19(3,4)5/h8-10,12H,6-7,11H2,1-5H3,(H,21,22). The molecule has 0 aliphatic heterocycles. The molecule has 2 rings (SSSR count). The fourth-order valence-corrected chi connectivity index (χ4v) is 4.29. The number of aryl methyl sites for hydroxylation is 2. The molecule has 0 unspecified atom stereocenters. The zero-order valence-electron chi connectivity index (χ0n) is 15.5. The summed E-state index contributed by atoms with van der Waals surface area (Å²) in [4.78, 5) is 17.3. The van der Waals surface area contributed by atoms with Gasteiger partial charge in [-0.2, -0.15) is 0 Å². The number of rotatable bonds is 6. The summed E-state index contributed by atoms with van der Waals surface area (Å²) in [7, 11) is 0. The van der Waals surface area contributed by atoms with Crippen LogP contribution in [0.4, 0.5) is 4.79 Å². The number of benzene rings is 1. The van der Waals surface area contributed by atoms with Crippen LogP contribution in [0.3, 0.4) is 0 Å². The largest absolute Gasteiger partial charge is 0.444 e. The maximum absolute atomic E-state index is 11.7. The van der Waals surface area contributed by atoms with E-state index in [0.717, 1.165) is 22.1 Å². The molecule has 0 bridgehead atoms. The molecular formula is C19H26N2O2S2. The number of aromatic nitrogens is 1. The molecule has 136 valence electrons. The first-order valence-electron chi connectivity index (χ1n) is 8.51. The summed E-state index contributed by atoms with van der Waals surface area (Å²) < 4.78 is 6.36. The van der Waals surface area contributed by atoms with Gasteiger partial charge in [-0.05, 0) is 56.9 Å². The molecule has 0 spiro atoms. The highest BCUT2D eigenvalue weighted by molar-refractivity contribution is 8.01. The summed E-state index contributed by atoms with van der Waals surface area (Å²) in [6, 6.07) is 6.75. The van der Waals surface area contributed by atoms with Crippen molar-refractivity contribution in [1.82, 2.24) is 10.3 Å². The van der Waals surface area contributed by atoms with Crippen LogP contribution in [0.1, 0.15) is 50.8 Å². The van der Waals surface area contributed by atoms with Crippen molar-refractivity contribution in [2.24, 2.45) is 0 Å². The lowest BCUT2D eigenvalue weighted by Gasteiger charge is -2.19. The zero-order chi connectivity index (χ0) is 18.4. The maximum atomic E-state index is 11.7. The van der Waals surface area contributed by atoms with Crippen LogP contribution in [0, 0.1) is 0 Å². The van der Waals surface area contributed by atoms with Crippen LogP contribution in [0.2, 0.25) is 0 Å². The number of ether oxygens (including phenoxy) is 1. The monoisotopic (exact) mass is 378 g/mol. The van der Waals surface area contributed by atoms with Gasteiger partial charge in [-0.3, -0.25) is 0 Å². The lowest BCUT2D eigenvalue weighted by atomic mass is 10.1. The molecule has 0 saturated carbocycles. The number of nitrogens with one attached hydrogen (secondary N) is 1. The van der Waals surface area contributed by atoms with Gasteiger partial charge >= 0.3 is 6.09 Å². The van der Waals surface area contributed by atoms with Crippen LogP contribution in [-0.4, -0.2) is 16.7 Å². The molecule has 0 radical (unpaired) electrons. The second-order valence-electron chi connectivity index (χ2n) is 6.72. The van der Waals surface area contributed by atoms with Crippen LogP contribution in [0.15, 0.2) is 33.5 Å². The van der Waals surface area contributed by atoms with Crippen LogP contribution in [0.25, 0.3) is 0 Å². The number of alkyl carbamates (subject to hydrolysis) is 1. The molecule has 0 saturated heterocycles. The van der Waals surface area contributed by atoms with Gasteiger partial charge in [-0.25, -0.2) is 9.78 Å². The summed E-state index contributed by atoms with van der Waals surface area (Å²) >= 11 is 3.32. The van der Waals surface area contributed by atoms with E-state index in [1.165, 1.54) is 16.0 Å². The van der Waals surface area contributed by atoms with E-state index in [-0.39, 0.29) is 0 Å². The van der Waals surface area contributed by atoms with Gasteiger partial charge in [-0.1, -0.05) is 31.7 Å². The Morgan fingerprint density at radius 3 is 2.40 bits per heavy atom. The van der Waals surface area contributed by atoms with E-state index in [1.807, 2.05) is 27.0 Å². The molecule has 0 atom stereocenters. The number of nitrogens with zero attached hydrogens (tertiary/aromatic N) is 1. The highest BCUT2D eigenvalue weighted by Gasteiger charge is 2.16. The first-order valence-corrected chi connectivity index (χ1v) is 10.1. The minimum absolute atomic E-state index is 0.384. The Kier molecular flexibility index (Phi) is 6.90. The van der Waals surface area contributed by atoms with E-state index in [4.69, 9.17) is 4.74 Å². The molecule has 1 N–H and O–H groups in total. The summed E-state index contributed by atoms with van der Waals surface area (Å²) in [6.07, 6.45) is 3.52. The van der Waals surface area contributed by atoms with Crippen molar-refractivity contribution in [2.45, 2.75) is 68.7 Å². The number of thiazole rings is 1. The third-order valence-corrected chi connectivity index (χ3v) is 5.45. The number of carbonyl (C=O) groups is 1. The van der Waals surface area contributed by atoms with Gasteiger partial charge in [-0.15, -0.1) is 11.3 Å². The van der Waals surface area contributed by atoms with Crippen molar-refractivity contribution in [2.75, 3.05) is 0 Å². The first kappa shape index (κ1) is 19.8. The van der Waals surface area contributed by atoms with Gasteiger partial charge in [0.2, 0.25) is 0 Å². The predicted molar refractivity (Wildman–Crippen MR) is 105 cm³/mol. The predicted octanol–water partition coefficient (Wildman–Crippen LogP) is 5.44. The molecule has 2 aromatic rings. The minimum Gasteiger partial charge on any atom is -0.444 e. The van der Waals surface area contributed by atoms with Gasteiger partial charge in [0.15, 0.2) is 0 Å². The van der Waals surface area contributed by atoms with Crippen molar-refractivity contribution in [3.63, 3.8) is 0 Å². The summed E-state index contributed by atoms with van der Waals surface area (Å²) in [5.74, 6) is 0. The van der Waals surface area contributed by atoms with E-state index >= 15 is 0 Å². The Bertz CT molecular complexity index is 698. The van der Waals surface area contributed by atoms with Crippen molar-refractivity contribution >= 4 is 29.2 Å². The number of carbonyl (C=O) groups excluding carboxylic acids is 1. The summed E-state index contributed by atoms with van der Waals surface area (Å²) in [5, 5.41) is 3.62. The molecule has 1 aromatic carbocycles. The Labute approximate surface area is 158 Å². The van der Waals surface area contributed by atoms with Crippen molar-refractivity contribution in [3.8, 4) is 0 Å². The van der Waals surface area contributed by atoms with Gasteiger partial charge in [0.25, 0.3) is 0 Å². The van der Waals surface area contributed by atoms with E-state index in [1.54, 1.807) is 23.1 Å². The van der Waals surface area contributed by atoms with Crippen LogP contribution in [0.5, 0.6) is 0 Å². The van der Waals surface area contributed by atoms with Gasteiger partial charge in [0.1, 0.15) is 10.6 Å². The average molecular weight is 379 g/mol. The Morgan fingerprint density at radius 1 is 1.20 bits per heavy atom. The minimum atomic E-state index is -0.491. The first-order chi connectivity index (χ1) is 11.8. The third-order valence-electron chi connectivity index (χ3n) is 3.38. The second kappa shape index (κ2) is 8.72. The van der Waals surface area contributed by atoms with Gasteiger partial charge in [0.05, 0.1) is 17.0 Å². The van der Waals surface area contributed by atoms with Crippen molar-refractivity contribution in [3.05, 3.63) is 40.5 Å². The van der Waals surface area contributed by atoms with E-state index in [2.05, 4.69) is 42.3 Å². The smallest absolute Gasteiger partial charge is 0.408 e. The van der Waals surface area contributed by atoms with Crippen molar-refractivity contribution in [1.29, 1.82) is 0 Å². The molecule has 6 heteroatoms. The second-order valence-corrected chi connectivity index (χ2v) is 9.21. The molecule has 1 heterocycles. The van der Waals surface area contributed by atoms with Gasteiger partial charge < -0.3 is 10.1 Å². The normalized spacial score (nSPS) is 11.4. The molecular weight excluding hydrogens is 352 g/mol. The Balaban J connectivity index is 1.96. The third kappa shape index (κ3) is 6.71. The summed E-state index contributed by atoms with van der Waals surface area (Å²) in [5.41, 5.74) is 2.23. The fourth-order valence-electron chi connectivity index (χ4n) is 2.20. The molecule has 0 fully saturated rings. The maximum Gasteiger partial charge on any atom is 0.408 e. The van der Waals surface area contributed by atoms with E-state index < -0.39 is 11.7 Å². The number of amides is 1. The van der Waals surface area contributed by atoms with Crippen LogP contribution in [-0.2, 0) is 24.1 Å². The number of hydrogen-bond donors (Lipinski definition) is 1. The highest BCUT2D eigenvalue weighted by Crippen LogP contribution is 2.33. The van der Waals surface area contributed by atoms with Crippen molar-refractivity contribution < 1.29 is 9.53 Å². The van der Waals surface area contributed by atoms with E-state index in [9.17, 15) is 4.79 Å². The highest BCUT2D eigenvalue weighted by atomic mass is 32.2. The van der Waals surface area contributed by atoms with E-state index in [0.29, 0.717) is 6.54 Å². The molecule has 4 nitrogen and oxygen atoms in total. The summed E-state index contributed by atoms with van der Waals surface area (Å²) in [6.45, 7) is 10.3. The van der Waals surface area contributed by atoms with Gasteiger partial charge in [0, 0.05) is 4.90 Å². The average Bonchev–Trinajstić information content (AvgIpc) is 2.98. The Morgan fingerprint density at radius 2 is 1.84 bits per heavy atom. The molecule has 1 amide bonds. The molecule has 0 aliphatic rings. The Hall–Kier alpha value is -1.53. The van der Waals surface area contributed by atoms with Crippen LogP contribution < -0.4 is 5.32 Å². The quantitative estimate of drug-likeness (QED) is 0.727. The lowest BCUT2D eigenvalue weighted by Crippen LogP contribution is -2.32. The molecule has 0 aliphatic carbocycles. The fraction of sp³-hybridized carbons (Fsp3) is 0.474. The lowest BCUT2D eigenvalue weighted by molar-refractivity contribution is 0.0523. The van der Waals surface area contributed by atoms with Crippen LogP contribution >= 0.6 is 23.1 Å².